The summed E-state index contributed by atoms with van der Waals surface area (Å²) in [6.07, 6.45) is 0.647. The molecule has 0 saturated heterocycles. The van der Waals surface area contributed by atoms with E-state index in [9.17, 15) is 4.79 Å². The monoisotopic (exact) mass is 346 g/mol. The third kappa shape index (κ3) is 2.84. The minimum absolute atomic E-state index is 0.143. The summed E-state index contributed by atoms with van der Waals surface area (Å²) in [6, 6.07) is 19.7. The van der Waals surface area contributed by atoms with Gasteiger partial charge in [-0.05, 0) is 30.7 Å². The van der Waals surface area contributed by atoms with Gasteiger partial charge in [0.15, 0.2) is 5.78 Å². The second kappa shape index (κ2) is 6.17. The third-order valence-electron chi connectivity index (χ3n) is 5.05. The van der Waals surface area contributed by atoms with Crippen LogP contribution in [0.15, 0.2) is 60.7 Å². The fourth-order valence-corrected chi connectivity index (χ4v) is 3.82. The van der Waals surface area contributed by atoms with E-state index in [1.54, 1.807) is 7.11 Å². The Balaban J connectivity index is 1.83. The summed E-state index contributed by atoms with van der Waals surface area (Å²) in [7, 11) is 1.63. The van der Waals surface area contributed by atoms with Crippen molar-refractivity contribution in [2.45, 2.75) is 31.8 Å². The van der Waals surface area contributed by atoms with Gasteiger partial charge in [0, 0.05) is 23.6 Å². The van der Waals surface area contributed by atoms with Crippen LogP contribution in [0.1, 0.15) is 42.1 Å². The first-order valence-electron chi connectivity index (χ1n) is 8.87. The average Bonchev–Trinajstić information content (AvgIpc) is 2.65. The highest BCUT2D eigenvalue weighted by Gasteiger charge is 2.38. The average molecular weight is 346 g/mol. The molecule has 0 bridgehead atoms. The van der Waals surface area contributed by atoms with Gasteiger partial charge < -0.3 is 9.47 Å². The minimum atomic E-state index is -0.412. The molecular formula is C23H22O3. The van der Waals surface area contributed by atoms with Gasteiger partial charge in [-0.15, -0.1) is 0 Å². The van der Waals surface area contributed by atoms with Gasteiger partial charge in [0.1, 0.15) is 17.1 Å². The first-order valence-corrected chi connectivity index (χ1v) is 8.87. The van der Waals surface area contributed by atoms with E-state index in [0.717, 1.165) is 33.4 Å². The zero-order valence-electron chi connectivity index (χ0n) is 15.3. The Morgan fingerprint density at radius 3 is 2.65 bits per heavy atom. The normalized spacial score (nSPS) is 18.0. The van der Waals surface area contributed by atoms with Gasteiger partial charge in [0.25, 0.3) is 0 Å². The van der Waals surface area contributed by atoms with Gasteiger partial charge in [-0.3, -0.25) is 4.79 Å². The van der Waals surface area contributed by atoms with E-state index in [-0.39, 0.29) is 11.7 Å². The quantitative estimate of drug-likeness (QED) is 0.598. The zero-order chi connectivity index (χ0) is 18.3. The Kier molecular flexibility index (Phi) is 3.95. The number of ether oxygens (including phenoxy) is 2. The molecule has 0 aliphatic carbocycles. The second-order valence-electron chi connectivity index (χ2n) is 7.41. The molecule has 3 heteroatoms. The van der Waals surface area contributed by atoms with E-state index < -0.39 is 5.60 Å². The molecule has 0 radical (unpaired) electrons. The summed E-state index contributed by atoms with van der Waals surface area (Å²) < 4.78 is 11.5. The molecule has 26 heavy (non-hydrogen) atoms. The van der Waals surface area contributed by atoms with Crippen LogP contribution in [0.4, 0.5) is 0 Å². The van der Waals surface area contributed by atoms with E-state index in [2.05, 4.69) is 0 Å². The van der Waals surface area contributed by atoms with Crippen LogP contribution in [0, 0.1) is 0 Å². The van der Waals surface area contributed by atoms with Crippen molar-refractivity contribution in [3.05, 3.63) is 71.8 Å². The molecule has 0 spiro atoms. The molecule has 1 heterocycles. The topological polar surface area (TPSA) is 35.5 Å². The Morgan fingerprint density at radius 2 is 1.85 bits per heavy atom. The zero-order valence-corrected chi connectivity index (χ0v) is 15.3. The van der Waals surface area contributed by atoms with Gasteiger partial charge in [0.2, 0.25) is 0 Å². The number of carbonyl (C=O) groups excluding carboxylic acids is 1. The van der Waals surface area contributed by atoms with E-state index in [0.29, 0.717) is 6.42 Å². The predicted molar refractivity (Wildman–Crippen MR) is 103 cm³/mol. The van der Waals surface area contributed by atoms with Crippen LogP contribution in [0.2, 0.25) is 0 Å². The fourth-order valence-electron chi connectivity index (χ4n) is 3.82. The van der Waals surface area contributed by atoms with Crippen molar-refractivity contribution in [1.29, 1.82) is 0 Å². The molecule has 3 nitrogen and oxygen atoms in total. The molecule has 4 rings (SSSR count). The highest BCUT2D eigenvalue weighted by Crippen LogP contribution is 2.44. The van der Waals surface area contributed by atoms with Crippen molar-refractivity contribution in [2.75, 3.05) is 7.11 Å². The second-order valence-corrected chi connectivity index (χ2v) is 7.41. The predicted octanol–water partition coefficient (Wildman–Crippen LogP) is 5.38. The number of carbonyl (C=O) groups is 1. The minimum Gasteiger partial charge on any atom is -0.497 e. The Labute approximate surface area is 153 Å². The van der Waals surface area contributed by atoms with Crippen molar-refractivity contribution >= 4 is 16.6 Å². The molecule has 0 aromatic heterocycles. The lowest BCUT2D eigenvalue weighted by molar-refractivity contribution is 0.0616. The maximum absolute atomic E-state index is 13.5. The van der Waals surface area contributed by atoms with Crippen LogP contribution in [0.3, 0.4) is 0 Å². The summed E-state index contributed by atoms with van der Waals surface area (Å²) in [5.41, 5.74) is 1.29. The van der Waals surface area contributed by atoms with Crippen molar-refractivity contribution in [3.8, 4) is 11.5 Å². The van der Waals surface area contributed by atoms with Crippen LogP contribution < -0.4 is 9.47 Å². The molecule has 0 saturated carbocycles. The summed E-state index contributed by atoms with van der Waals surface area (Å²) in [4.78, 5) is 13.5. The van der Waals surface area contributed by atoms with Gasteiger partial charge in [-0.1, -0.05) is 48.5 Å². The molecule has 3 aromatic carbocycles. The summed E-state index contributed by atoms with van der Waals surface area (Å²) in [5, 5.41) is 2.08. The van der Waals surface area contributed by atoms with Crippen LogP contribution in [0.5, 0.6) is 11.5 Å². The highest BCUT2D eigenvalue weighted by molar-refractivity contribution is 6.11. The first kappa shape index (κ1) is 16.6. The molecule has 0 fully saturated rings. The van der Waals surface area contributed by atoms with Crippen LogP contribution in [-0.4, -0.2) is 18.5 Å². The molecule has 132 valence electrons. The highest BCUT2D eigenvalue weighted by atomic mass is 16.5. The Bertz CT molecular complexity index is 982. The van der Waals surface area contributed by atoms with E-state index >= 15 is 0 Å². The van der Waals surface area contributed by atoms with Crippen molar-refractivity contribution in [1.82, 2.24) is 0 Å². The lowest BCUT2D eigenvalue weighted by Crippen LogP contribution is -2.37. The van der Waals surface area contributed by atoms with Crippen LogP contribution >= 0.6 is 0 Å². The van der Waals surface area contributed by atoms with Crippen molar-refractivity contribution in [2.24, 2.45) is 0 Å². The molecule has 1 aliphatic heterocycles. The number of hydrogen-bond acceptors (Lipinski definition) is 3. The summed E-state index contributed by atoms with van der Waals surface area (Å²) >= 11 is 0. The molecule has 1 atom stereocenters. The van der Waals surface area contributed by atoms with Crippen molar-refractivity contribution in [3.63, 3.8) is 0 Å². The maximum atomic E-state index is 13.5. The van der Waals surface area contributed by atoms with Gasteiger partial charge in [0.05, 0.1) is 13.0 Å². The van der Waals surface area contributed by atoms with E-state index in [1.807, 2.05) is 74.5 Å². The molecule has 1 aliphatic rings. The van der Waals surface area contributed by atoms with Gasteiger partial charge in [-0.25, -0.2) is 0 Å². The standard InChI is InChI=1S/C23H22O3/c1-23(2)14-20(18-12-11-16(25-3)13-21(18)26-23)22(24)19-10-6-8-15-7-4-5-9-17(15)19/h4-13,20H,14H2,1-3H3. The van der Waals surface area contributed by atoms with E-state index in [4.69, 9.17) is 9.47 Å². The first-order chi connectivity index (χ1) is 12.5. The van der Waals surface area contributed by atoms with Gasteiger partial charge in [-0.2, -0.15) is 0 Å². The lowest BCUT2D eigenvalue weighted by atomic mass is 9.79. The number of benzene rings is 3. The SMILES string of the molecule is COc1ccc2c(c1)OC(C)(C)CC2C(=O)c1cccc2ccccc12. The third-order valence-corrected chi connectivity index (χ3v) is 5.05. The maximum Gasteiger partial charge on any atom is 0.171 e. The number of ketones is 1. The largest absolute Gasteiger partial charge is 0.497 e. The van der Waals surface area contributed by atoms with Crippen molar-refractivity contribution < 1.29 is 14.3 Å². The Hall–Kier alpha value is -2.81. The smallest absolute Gasteiger partial charge is 0.171 e. The van der Waals surface area contributed by atoms with Crippen LogP contribution in [0.25, 0.3) is 10.8 Å². The molecule has 0 amide bonds. The molecular weight excluding hydrogens is 324 g/mol. The summed E-state index contributed by atoms with van der Waals surface area (Å²) in [6.45, 7) is 4.05. The number of methoxy groups -OCH3 is 1. The van der Waals surface area contributed by atoms with Gasteiger partial charge >= 0.3 is 0 Å². The lowest BCUT2D eigenvalue weighted by Gasteiger charge is -2.37. The van der Waals surface area contributed by atoms with Crippen LogP contribution in [-0.2, 0) is 0 Å². The fraction of sp³-hybridized carbons (Fsp3) is 0.261. The number of Topliss-reactive ketones (excluding diaryl/α,β-unsaturated/α-hetero) is 1. The van der Waals surface area contributed by atoms with E-state index in [1.165, 1.54) is 0 Å². The number of rotatable bonds is 3. The summed E-state index contributed by atoms with van der Waals surface area (Å²) in [5.74, 6) is 1.38. The molecule has 0 N–H and O–H groups in total. The number of hydrogen-bond donors (Lipinski definition) is 0. The molecule has 1 unspecified atom stereocenters. The molecule has 3 aromatic rings. The number of fused-ring (bicyclic) bond motifs is 2. The Morgan fingerprint density at radius 1 is 1.08 bits per heavy atom.